The molecule has 1 aliphatic rings. The van der Waals surface area contributed by atoms with Crippen molar-refractivity contribution in [3.05, 3.63) is 0 Å². The normalized spacial score (nSPS) is 26.1. The first-order chi connectivity index (χ1) is 8.06. The summed E-state index contributed by atoms with van der Waals surface area (Å²) in [5.74, 6) is 0. The molecule has 0 saturated carbocycles. The monoisotopic (exact) mass is 241 g/mol. The molecule has 1 heterocycles. The van der Waals surface area contributed by atoms with Gasteiger partial charge < -0.3 is 10.2 Å². The molecule has 0 aromatic heterocycles. The predicted molar refractivity (Wildman–Crippen MR) is 75.5 cm³/mol. The number of hydrogen-bond acceptors (Lipinski definition) is 3. The zero-order valence-corrected chi connectivity index (χ0v) is 12.4. The Morgan fingerprint density at radius 3 is 2.65 bits per heavy atom. The second-order valence-corrected chi connectivity index (χ2v) is 5.74. The van der Waals surface area contributed by atoms with E-state index in [0.29, 0.717) is 12.1 Å². The van der Waals surface area contributed by atoms with Gasteiger partial charge in [0, 0.05) is 24.7 Å². The number of hydrogen-bond donors (Lipinski definition) is 1. The van der Waals surface area contributed by atoms with Crippen molar-refractivity contribution in [2.24, 2.45) is 0 Å². The Bertz CT molecular complexity index is 206. The summed E-state index contributed by atoms with van der Waals surface area (Å²) in [6.07, 6.45) is 3.91. The van der Waals surface area contributed by atoms with Crippen LogP contribution in [0.1, 0.15) is 40.0 Å². The molecule has 1 N–H and O–H groups in total. The molecule has 3 heteroatoms. The first-order valence-corrected chi connectivity index (χ1v) is 7.20. The molecule has 0 aromatic rings. The average molecular weight is 241 g/mol. The van der Waals surface area contributed by atoms with Gasteiger partial charge >= 0.3 is 0 Å². The summed E-state index contributed by atoms with van der Waals surface area (Å²) in [5.41, 5.74) is 0. The SMILES string of the molecule is CCCNC(C)C(C)N1CCCC(N(C)C)C1. The molecule has 3 nitrogen and oxygen atoms in total. The zero-order valence-electron chi connectivity index (χ0n) is 12.4. The Labute approximate surface area is 108 Å². The first kappa shape index (κ1) is 14.9. The van der Waals surface area contributed by atoms with Crippen molar-refractivity contribution in [3.63, 3.8) is 0 Å². The molecule has 0 aliphatic carbocycles. The Balaban J connectivity index is 2.42. The van der Waals surface area contributed by atoms with Crippen molar-refractivity contribution >= 4 is 0 Å². The highest BCUT2D eigenvalue weighted by atomic mass is 15.2. The van der Waals surface area contributed by atoms with E-state index in [0.717, 1.165) is 12.6 Å². The maximum absolute atomic E-state index is 3.62. The van der Waals surface area contributed by atoms with Crippen molar-refractivity contribution in [3.8, 4) is 0 Å². The molecule has 1 fully saturated rings. The smallest absolute Gasteiger partial charge is 0.0219 e. The summed E-state index contributed by atoms with van der Waals surface area (Å²) in [5, 5.41) is 3.62. The Morgan fingerprint density at radius 1 is 1.35 bits per heavy atom. The number of rotatable bonds is 6. The van der Waals surface area contributed by atoms with Crippen LogP contribution in [-0.2, 0) is 0 Å². The van der Waals surface area contributed by atoms with Gasteiger partial charge in [-0.2, -0.15) is 0 Å². The summed E-state index contributed by atoms with van der Waals surface area (Å²) in [7, 11) is 4.41. The van der Waals surface area contributed by atoms with Crippen molar-refractivity contribution in [2.45, 2.75) is 58.2 Å². The number of nitrogens with one attached hydrogen (secondary N) is 1. The lowest BCUT2D eigenvalue weighted by Crippen LogP contribution is -2.53. The zero-order chi connectivity index (χ0) is 12.8. The maximum atomic E-state index is 3.62. The van der Waals surface area contributed by atoms with E-state index in [-0.39, 0.29) is 0 Å². The number of nitrogens with zero attached hydrogens (tertiary/aromatic N) is 2. The van der Waals surface area contributed by atoms with Gasteiger partial charge in [-0.1, -0.05) is 6.92 Å². The second-order valence-electron chi connectivity index (χ2n) is 5.74. The lowest BCUT2D eigenvalue weighted by atomic mass is 10.0. The third kappa shape index (κ3) is 4.57. The fraction of sp³-hybridized carbons (Fsp3) is 1.00. The highest BCUT2D eigenvalue weighted by Gasteiger charge is 2.26. The number of likely N-dealkylation sites (tertiary alicyclic amines) is 1. The van der Waals surface area contributed by atoms with Crippen LogP contribution in [0.2, 0.25) is 0 Å². The summed E-state index contributed by atoms with van der Waals surface area (Å²) in [6, 6.07) is 1.98. The van der Waals surface area contributed by atoms with E-state index in [2.05, 4.69) is 50.0 Å². The first-order valence-electron chi connectivity index (χ1n) is 7.20. The molecule has 17 heavy (non-hydrogen) atoms. The van der Waals surface area contributed by atoms with E-state index in [1.807, 2.05) is 0 Å². The van der Waals surface area contributed by atoms with Gasteiger partial charge in [0.25, 0.3) is 0 Å². The van der Waals surface area contributed by atoms with Gasteiger partial charge in [0.15, 0.2) is 0 Å². The average Bonchev–Trinajstić information content (AvgIpc) is 2.35. The van der Waals surface area contributed by atoms with Crippen LogP contribution in [0.3, 0.4) is 0 Å². The highest BCUT2D eigenvalue weighted by Crippen LogP contribution is 2.17. The fourth-order valence-electron chi connectivity index (χ4n) is 2.63. The maximum Gasteiger partial charge on any atom is 0.0219 e. The molecule has 3 atom stereocenters. The van der Waals surface area contributed by atoms with E-state index in [1.165, 1.54) is 32.4 Å². The fourth-order valence-corrected chi connectivity index (χ4v) is 2.63. The van der Waals surface area contributed by atoms with Gasteiger partial charge in [-0.3, -0.25) is 4.90 Å². The lowest BCUT2D eigenvalue weighted by molar-refractivity contribution is 0.0882. The molecule has 1 rings (SSSR count). The Kier molecular flexibility index (Phi) is 6.45. The van der Waals surface area contributed by atoms with Gasteiger partial charge in [-0.15, -0.1) is 0 Å². The van der Waals surface area contributed by atoms with Gasteiger partial charge in [0.2, 0.25) is 0 Å². The van der Waals surface area contributed by atoms with Crippen molar-refractivity contribution in [1.82, 2.24) is 15.1 Å². The summed E-state index contributed by atoms with van der Waals surface area (Å²) >= 11 is 0. The quantitative estimate of drug-likeness (QED) is 0.765. The van der Waals surface area contributed by atoms with Crippen LogP contribution in [0.15, 0.2) is 0 Å². The van der Waals surface area contributed by atoms with Crippen LogP contribution in [-0.4, -0.2) is 61.7 Å². The Morgan fingerprint density at radius 2 is 2.06 bits per heavy atom. The van der Waals surface area contributed by atoms with Crippen LogP contribution >= 0.6 is 0 Å². The molecule has 0 bridgehead atoms. The molecule has 102 valence electrons. The van der Waals surface area contributed by atoms with E-state index < -0.39 is 0 Å². The summed E-state index contributed by atoms with van der Waals surface area (Å²) in [4.78, 5) is 5.03. The van der Waals surface area contributed by atoms with E-state index in [1.54, 1.807) is 0 Å². The molecule has 1 saturated heterocycles. The third-order valence-corrected chi connectivity index (χ3v) is 4.17. The van der Waals surface area contributed by atoms with Crippen molar-refractivity contribution < 1.29 is 0 Å². The Hall–Kier alpha value is -0.120. The molecular weight excluding hydrogens is 210 g/mol. The number of piperidine rings is 1. The highest BCUT2D eigenvalue weighted by molar-refractivity contribution is 4.85. The minimum atomic E-state index is 0.593. The van der Waals surface area contributed by atoms with E-state index in [9.17, 15) is 0 Å². The standard InChI is InChI=1S/C14H31N3/c1-6-9-15-12(2)13(3)17-10-7-8-14(11-17)16(4)5/h12-15H,6-11H2,1-5H3. The lowest BCUT2D eigenvalue weighted by Gasteiger charge is -2.41. The van der Waals surface area contributed by atoms with Crippen LogP contribution in [0.25, 0.3) is 0 Å². The minimum Gasteiger partial charge on any atom is -0.313 e. The van der Waals surface area contributed by atoms with E-state index in [4.69, 9.17) is 0 Å². The van der Waals surface area contributed by atoms with Gasteiger partial charge in [0.05, 0.1) is 0 Å². The van der Waals surface area contributed by atoms with Gasteiger partial charge in [-0.25, -0.2) is 0 Å². The predicted octanol–water partition coefficient (Wildman–Crippen LogP) is 1.79. The molecule has 0 radical (unpaired) electrons. The van der Waals surface area contributed by atoms with Crippen LogP contribution in [0.5, 0.6) is 0 Å². The summed E-state index contributed by atoms with van der Waals surface area (Å²) in [6.45, 7) is 10.5. The topological polar surface area (TPSA) is 18.5 Å². The van der Waals surface area contributed by atoms with Crippen LogP contribution < -0.4 is 5.32 Å². The van der Waals surface area contributed by atoms with Crippen LogP contribution in [0, 0.1) is 0 Å². The molecule has 0 amide bonds. The summed E-state index contributed by atoms with van der Waals surface area (Å²) < 4.78 is 0. The molecule has 3 unspecified atom stereocenters. The van der Waals surface area contributed by atoms with E-state index >= 15 is 0 Å². The van der Waals surface area contributed by atoms with Crippen molar-refractivity contribution in [2.75, 3.05) is 33.7 Å². The third-order valence-electron chi connectivity index (χ3n) is 4.17. The molecular formula is C14H31N3. The largest absolute Gasteiger partial charge is 0.313 e. The van der Waals surface area contributed by atoms with Crippen LogP contribution in [0.4, 0.5) is 0 Å². The minimum absolute atomic E-state index is 0.593. The second kappa shape index (κ2) is 7.34. The van der Waals surface area contributed by atoms with Gasteiger partial charge in [-0.05, 0) is 60.3 Å². The van der Waals surface area contributed by atoms with Crippen molar-refractivity contribution in [1.29, 1.82) is 0 Å². The molecule has 0 aromatic carbocycles. The number of likely N-dealkylation sites (N-methyl/N-ethyl adjacent to an activating group) is 1. The van der Waals surface area contributed by atoms with Gasteiger partial charge in [0.1, 0.15) is 0 Å². The molecule has 1 aliphatic heterocycles. The molecule has 0 spiro atoms.